The summed E-state index contributed by atoms with van der Waals surface area (Å²) in [5, 5.41) is 101. The normalized spacial score (nSPS) is 23.2. The van der Waals surface area contributed by atoms with Gasteiger partial charge in [-0.05, 0) is 143 Å². The number of aliphatic hydroxyl groups is 1. The van der Waals surface area contributed by atoms with Gasteiger partial charge in [0.2, 0.25) is 70.9 Å². The highest BCUT2D eigenvalue weighted by Crippen LogP contribution is 2.52. The van der Waals surface area contributed by atoms with Crippen LogP contribution in [-0.2, 0) is 88.0 Å². The number of nitrogens with one attached hydrogen (secondary N) is 26. The minimum absolute atomic E-state index is 0.000417. The highest BCUT2D eigenvalue weighted by atomic mass is 32.2. The predicted molar refractivity (Wildman–Crippen MR) is 548 cm³/mol. The molecule has 48 heteroatoms. The predicted octanol–water partition coefficient (Wildman–Crippen LogP) is -2.03. The van der Waals surface area contributed by atoms with Crippen molar-refractivity contribution in [3.05, 3.63) is 155 Å². The Morgan fingerprint density at radius 1 is 0.400 bits per heavy atom. The van der Waals surface area contributed by atoms with Crippen LogP contribution in [0.3, 0.4) is 0 Å². The summed E-state index contributed by atoms with van der Waals surface area (Å²) in [6.45, 7) is 3.52. The van der Waals surface area contributed by atoms with Crippen LogP contribution in [0.4, 0.5) is 0 Å². The van der Waals surface area contributed by atoms with Gasteiger partial charge in [-0.25, -0.2) is 0 Å². The fourth-order valence-corrected chi connectivity index (χ4v) is 20.3. The maximum absolute atomic E-state index is 16.3. The van der Waals surface area contributed by atoms with Crippen LogP contribution in [0.2, 0.25) is 0 Å². The van der Waals surface area contributed by atoms with Crippen LogP contribution in [0.1, 0.15) is 126 Å². The van der Waals surface area contributed by atoms with Gasteiger partial charge in [-0.2, -0.15) is 0 Å². The van der Waals surface area contributed by atoms with E-state index in [1.807, 2.05) is 13.0 Å². The average molecular weight is 2020 g/mol. The third-order valence-corrected chi connectivity index (χ3v) is 27.8. The lowest BCUT2D eigenvalue weighted by Crippen LogP contribution is -2.64. The van der Waals surface area contributed by atoms with Crippen LogP contribution >= 0.6 is 11.8 Å². The number of carbonyl (C=O) groups is 13. The largest absolute Gasteiger partial charge is 0.393 e. The van der Waals surface area contributed by atoms with Crippen molar-refractivity contribution in [1.29, 1.82) is 27.0 Å². The molecular weight excluding hydrogens is 1880 g/mol. The maximum atomic E-state index is 16.3. The maximum Gasteiger partial charge on any atom is 0.268 e. The second kappa shape index (κ2) is 51.5. The lowest BCUT2D eigenvalue weighted by Gasteiger charge is -2.46. The molecule has 0 saturated carbocycles. The van der Waals surface area contributed by atoms with E-state index in [1.165, 1.54) is 28.5 Å². The number of fused-ring (bicyclic) bond motifs is 5. The van der Waals surface area contributed by atoms with Gasteiger partial charge in [0.25, 0.3) is 5.91 Å². The van der Waals surface area contributed by atoms with Crippen LogP contribution in [0.25, 0.3) is 43.6 Å². The van der Waals surface area contributed by atoms with Crippen LogP contribution in [0.15, 0.2) is 132 Å². The fourth-order valence-electron chi connectivity index (χ4n) is 18.8. The zero-order chi connectivity index (χ0) is 104. The van der Waals surface area contributed by atoms with E-state index in [9.17, 15) is 19.5 Å². The average Bonchev–Trinajstić information content (AvgIpc) is 1.55. The summed E-state index contributed by atoms with van der Waals surface area (Å²) < 4.78 is 0. The molecule has 0 aliphatic carbocycles. The second-order valence-electron chi connectivity index (χ2n) is 37.2. The van der Waals surface area contributed by atoms with Crippen molar-refractivity contribution in [2.75, 3.05) is 59.9 Å². The number of benzene rings is 4. The van der Waals surface area contributed by atoms with Gasteiger partial charge in [-0.15, -0.1) is 11.8 Å². The van der Waals surface area contributed by atoms with Gasteiger partial charge in [-0.3, -0.25) is 89.4 Å². The molecule has 0 unspecified atom stereocenters. The summed E-state index contributed by atoms with van der Waals surface area (Å²) in [6.07, 6.45) is 3.35. The molecule has 16 atom stereocenters. The van der Waals surface area contributed by atoms with E-state index in [0.717, 1.165) is 0 Å². The first-order valence-corrected chi connectivity index (χ1v) is 49.6. The van der Waals surface area contributed by atoms with E-state index in [4.69, 9.17) is 55.7 Å². The summed E-state index contributed by atoms with van der Waals surface area (Å²) in [6, 6.07) is 11.2. The minimum Gasteiger partial charge on any atom is -0.393 e. The number of amides is 13. The van der Waals surface area contributed by atoms with Crippen LogP contribution in [0.5, 0.6) is 0 Å². The monoisotopic (exact) mass is 2020 g/mol. The number of nitrogens with zero attached hydrogens (tertiary/aromatic N) is 2. The summed E-state index contributed by atoms with van der Waals surface area (Å²) in [5.74, 6) is -14.4. The molecule has 8 heterocycles. The molecule has 0 spiro atoms. The number of aromatic nitrogens is 4. The smallest absolute Gasteiger partial charge is 0.268 e. The lowest BCUT2D eigenvalue weighted by atomic mass is 9.79. The first-order chi connectivity index (χ1) is 69.5. The van der Waals surface area contributed by atoms with E-state index in [-0.39, 0.29) is 165 Å². The molecule has 47 nitrogen and oxygen atoms in total. The quantitative estimate of drug-likeness (QED) is 0.00858. The molecule has 8 aromatic rings. The molecule has 3 fully saturated rings. The first-order valence-electron chi connectivity index (χ1n) is 48.8. The SMILES string of the molecule is C[C@H](O)[C@H]1C(=O)N2C(C(=O)NCCCC[C@@H]3NC(=O)[C@H](CCCNC(=N)N)NC(=O)[C@H](CCCNC(=N)N)NC(=O)[C@H](CCCNC(=N)N)NC(=O)[C@H](CCCNC(=N)N)NC(=O)[C@H](CCCNC(=N)N)NC(=O)[C@H](Cc4c[nH]c5ccccc45)NC(=O)[C@H](Cc4c[nH]c5ccccc45)NC(=O)[C@H](Cc4c[nH]c5ccccc45)NC(=O)[C@H](Cc4c[nH]c5ccccc45)NC3=O)=C(S[C@@H]3CN[C@H](C(=O)N(C)C)C3)[C@@H](C)[C@H]12. The van der Waals surface area contributed by atoms with Gasteiger partial charge in [0.05, 0.1) is 24.1 Å². The Kier molecular flexibility index (Phi) is 38.4. The molecule has 145 heavy (non-hydrogen) atoms. The number of hydrogen-bond acceptors (Lipinski definition) is 21. The zero-order valence-electron chi connectivity index (χ0n) is 81.4. The molecule has 4 aromatic heterocycles. The number of nitrogens with two attached hydrogens (primary N) is 5. The third-order valence-electron chi connectivity index (χ3n) is 26.3. The molecule has 12 rings (SSSR count). The number of aliphatic hydroxyl groups excluding tert-OH is 1. The van der Waals surface area contributed by atoms with E-state index >= 15 is 47.9 Å². The Hall–Kier alpha value is -15.5. The molecule has 4 aliphatic rings. The van der Waals surface area contributed by atoms with E-state index in [1.54, 1.807) is 130 Å². The van der Waals surface area contributed by atoms with E-state index in [2.05, 4.69) is 110 Å². The molecule has 3 saturated heterocycles. The fraction of sp³-hybridized carbons (Fsp3) is 0.464. The Bertz CT molecular complexity index is 6090. The van der Waals surface area contributed by atoms with Gasteiger partial charge in [0.1, 0.15) is 66.1 Å². The third kappa shape index (κ3) is 29.4. The van der Waals surface area contributed by atoms with Crippen LogP contribution in [-0.4, -0.2) is 285 Å². The van der Waals surface area contributed by atoms with Gasteiger partial charge in [-0.1, -0.05) is 79.7 Å². The molecule has 778 valence electrons. The Morgan fingerprint density at radius 3 is 0.938 bits per heavy atom. The molecule has 4 aliphatic heterocycles. The number of rotatable bonds is 38. The number of hydrogen-bond donors (Lipinski definition) is 32. The molecule has 13 amide bonds. The Morgan fingerprint density at radius 2 is 0.662 bits per heavy atom. The first kappa shape index (κ1) is 108. The standard InChI is InChI=1S/C97H135N33O14S/c1-50-77-76(51(2)131)92(144)130(77)78(79(50)145-56-44-75(118-49-56)91(143)129(3)4)90(142)108-34-14-13-28-65-85(137)125-72(41-53-46-115-62-25-10-6-21-58(53)62)87(139)127-74(43-55-48-117-64-27-12-8-23-60(55)64)89(141)128-73(42-54-47-116-63-26-11-7-22-59(54)63)88(140)126-71(40-52-45-114-61-24-9-5-20-57(52)61)86(138)124-70(33-19-39-113-97(106)107)84(136)123-69(32-18-38-112-96(104)105)83(135)122-68(31-17-37-111-95(102)103)82(134)121-67(30-16-36-110-94(100)101)81(133)120-66(80(132)119-65)29-15-35-109-93(98)99/h5-12,20-27,45-48,50-51,56,65-77,114-118,131H,13-19,28-44,49H2,1-4H3,(H,108,142)(H,119,132)(H,120,133)(H,121,134)(H,122,135)(H,123,136)(H,124,138)(H,125,137)(H,126,140)(H,127,139)(H,128,141)(H4,98,99,109)(H4,100,101,110)(H4,102,103,111)(H4,104,105,112)(H4,106,107,113)/t50-,51-,56-,65-,66-,67-,68-,69-,70-,71-,72-,73-,74-,75-,76+,77+/m0/s1. The van der Waals surface area contributed by atoms with Crippen LogP contribution in [0, 0.1) is 38.9 Å². The second-order valence-corrected chi connectivity index (χ2v) is 38.5. The molecule has 4 aromatic carbocycles. The van der Waals surface area contributed by atoms with Crippen LogP contribution < -0.4 is 119 Å². The Balaban J connectivity index is 0.969. The molecular formula is C97H135N33O14S. The van der Waals surface area contributed by atoms with Crippen molar-refractivity contribution in [3.63, 3.8) is 0 Å². The molecule has 0 radical (unpaired) electrons. The molecule has 0 bridgehead atoms. The number of likely N-dealkylation sites (N-methyl/N-ethyl adjacent to an activating group) is 1. The van der Waals surface area contributed by atoms with Gasteiger partial charge in [0, 0.05) is 170 Å². The summed E-state index contributed by atoms with van der Waals surface area (Å²) in [4.78, 5) is 218. The zero-order valence-corrected chi connectivity index (χ0v) is 82.2. The van der Waals surface area contributed by atoms with Crippen molar-refractivity contribution < 1.29 is 67.4 Å². The topological polar surface area (TPSA) is 766 Å². The number of carbonyl (C=O) groups excluding carboxylic acids is 13. The highest BCUT2D eigenvalue weighted by molar-refractivity contribution is 8.03. The minimum atomic E-state index is -1.68. The Labute approximate surface area is 840 Å². The lowest BCUT2D eigenvalue weighted by molar-refractivity contribution is -0.161. The van der Waals surface area contributed by atoms with Crippen molar-refractivity contribution in [3.8, 4) is 0 Å². The van der Waals surface area contributed by atoms with Gasteiger partial charge in [0.15, 0.2) is 29.8 Å². The van der Waals surface area contributed by atoms with Gasteiger partial charge >= 0.3 is 0 Å². The summed E-state index contributed by atoms with van der Waals surface area (Å²) >= 11 is 1.39. The summed E-state index contributed by atoms with van der Waals surface area (Å²) in [5.41, 5.74) is 33.4. The van der Waals surface area contributed by atoms with Crippen molar-refractivity contribution >= 4 is 162 Å². The van der Waals surface area contributed by atoms with Crippen molar-refractivity contribution in [1.82, 2.24) is 120 Å². The molecule has 37 N–H and O–H groups in total. The highest BCUT2D eigenvalue weighted by Gasteiger charge is 2.60. The summed E-state index contributed by atoms with van der Waals surface area (Å²) in [7, 11) is 3.32. The van der Waals surface area contributed by atoms with Crippen molar-refractivity contribution in [2.24, 2.45) is 40.5 Å². The number of guanidine groups is 5. The van der Waals surface area contributed by atoms with E-state index < -0.39 is 191 Å². The number of β-lactam (4-membered cyclic amide) rings is 1. The number of para-hydroxylation sites is 4. The van der Waals surface area contributed by atoms with E-state index in [0.29, 0.717) is 83.7 Å². The number of H-pyrrole nitrogens is 4. The number of unbranched alkanes of at least 4 members (excludes halogenated alkanes) is 1. The van der Waals surface area contributed by atoms with Crippen molar-refractivity contribution in [2.45, 2.75) is 213 Å². The van der Waals surface area contributed by atoms with Gasteiger partial charge < -0.3 is 154 Å². The number of thioether (sulfide) groups is 1. The number of aromatic amines is 4.